The third-order valence-corrected chi connectivity index (χ3v) is 4.92. The highest BCUT2D eigenvalue weighted by Crippen LogP contribution is 2.29. The summed E-state index contributed by atoms with van der Waals surface area (Å²) in [7, 11) is 1.41. The quantitative estimate of drug-likeness (QED) is 0.280. The van der Waals surface area contributed by atoms with Gasteiger partial charge in [0.15, 0.2) is 17.5 Å². The summed E-state index contributed by atoms with van der Waals surface area (Å²) in [6, 6.07) is 9.05. The Hall–Kier alpha value is -1.62. The molecule has 0 spiro atoms. The second-order valence-corrected chi connectivity index (χ2v) is 6.84. The summed E-state index contributed by atoms with van der Waals surface area (Å²) in [6.45, 7) is 3.03. The van der Waals surface area contributed by atoms with Crippen LogP contribution in [0.25, 0.3) is 0 Å². The monoisotopic (exact) mass is 525 g/mol. The van der Waals surface area contributed by atoms with Crippen molar-refractivity contribution in [2.45, 2.75) is 32.9 Å². The van der Waals surface area contributed by atoms with E-state index in [1.807, 2.05) is 13.0 Å². The molecule has 0 amide bonds. The fraction of sp³-hybridized carbons (Fsp3) is 0.421. The molecule has 5 nitrogen and oxygen atoms in total. The maximum Gasteiger partial charge on any atom is 0.387 e. The molecule has 1 heterocycles. The number of hydrogen-bond donors (Lipinski definition) is 2. The van der Waals surface area contributed by atoms with Crippen LogP contribution in [-0.4, -0.2) is 32.8 Å². The van der Waals surface area contributed by atoms with Gasteiger partial charge in [-0.3, -0.25) is 0 Å². The zero-order chi connectivity index (χ0) is 19.6. The minimum absolute atomic E-state index is 0. The second-order valence-electron chi connectivity index (χ2n) is 5.86. The first kappa shape index (κ1) is 24.4. The van der Waals surface area contributed by atoms with E-state index in [9.17, 15) is 8.78 Å². The van der Waals surface area contributed by atoms with Crippen molar-refractivity contribution in [1.82, 2.24) is 10.6 Å². The number of methoxy groups -OCH3 is 1. The standard InChI is InChI=1S/C19H25F2N3O2S.HI/c1-4-22-19(23-11-13(2)17-6-5-9-27-17)24-12-14-7-8-15(25-3)16(10-14)26-18(20)21;/h5-10,13,18H,4,11-12H2,1-3H3,(H2,22,23,24);1H. The van der Waals surface area contributed by atoms with Crippen molar-refractivity contribution in [1.29, 1.82) is 0 Å². The van der Waals surface area contributed by atoms with Gasteiger partial charge in [-0.15, -0.1) is 35.3 Å². The van der Waals surface area contributed by atoms with Gasteiger partial charge in [-0.2, -0.15) is 8.78 Å². The molecule has 0 fully saturated rings. The average molecular weight is 525 g/mol. The summed E-state index contributed by atoms with van der Waals surface area (Å²) in [5.41, 5.74) is 0.745. The van der Waals surface area contributed by atoms with Gasteiger partial charge < -0.3 is 20.1 Å². The van der Waals surface area contributed by atoms with Crippen molar-refractivity contribution in [3.63, 3.8) is 0 Å². The zero-order valence-corrected chi connectivity index (χ0v) is 19.2. The normalized spacial score (nSPS) is 12.3. The minimum atomic E-state index is -2.91. The van der Waals surface area contributed by atoms with Gasteiger partial charge >= 0.3 is 6.61 Å². The summed E-state index contributed by atoms with van der Waals surface area (Å²) in [5.74, 6) is 1.30. The van der Waals surface area contributed by atoms with Crippen LogP contribution in [0.3, 0.4) is 0 Å². The number of halogens is 3. The van der Waals surface area contributed by atoms with Gasteiger partial charge in [0.2, 0.25) is 0 Å². The molecule has 2 aromatic rings. The number of thiophene rings is 1. The number of hydrogen-bond acceptors (Lipinski definition) is 4. The van der Waals surface area contributed by atoms with Crippen molar-refractivity contribution < 1.29 is 18.3 Å². The van der Waals surface area contributed by atoms with Crippen molar-refractivity contribution in [2.75, 3.05) is 20.2 Å². The molecule has 0 aliphatic heterocycles. The van der Waals surface area contributed by atoms with E-state index in [0.717, 1.165) is 18.7 Å². The number of nitrogens with one attached hydrogen (secondary N) is 2. The summed E-state index contributed by atoms with van der Waals surface area (Å²) in [6.07, 6.45) is 0. The first-order chi connectivity index (χ1) is 13.0. The number of nitrogens with zero attached hydrogens (tertiary/aromatic N) is 1. The zero-order valence-electron chi connectivity index (χ0n) is 16.1. The number of ether oxygens (including phenoxy) is 2. The molecule has 0 saturated heterocycles. The molecule has 156 valence electrons. The number of benzene rings is 1. The topological polar surface area (TPSA) is 54.9 Å². The Bertz CT molecular complexity index is 730. The molecule has 0 aliphatic rings. The molecule has 9 heteroatoms. The lowest BCUT2D eigenvalue weighted by molar-refractivity contribution is -0.0512. The lowest BCUT2D eigenvalue weighted by Crippen LogP contribution is -2.39. The van der Waals surface area contributed by atoms with E-state index in [1.54, 1.807) is 23.5 Å². The number of alkyl halides is 2. The molecule has 0 radical (unpaired) electrons. The van der Waals surface area contributed by atoms with E-state index < -0.39 is 6.61 Å². The van der Waals surface area contributed by atoms with Gasteiger partial charge in [0.1, 0.15) is 0 Å². The van der Waals surface area contributed by atoms with Crippen molar-refractivity contribution >= 4 is 41.3 Å². The molecule has 1 unspecified atom stereocenters. The largest absolute Gasteiger partial charge is 0.493 e. The third-order valence-electron chi connectivity index (χ3n) is 3.81. The summed E-state index contributed by atoms with van der Waals surface area (Å²) >= 11 is 1.73. The highest BCUT2D eigenvalue weighted by molar-refractivity contribution is 14.0. The predicted molar refractivity (Wildman–Crippen MR) is 121 cm³/mol. The molecule has 28 heavy (non-hydrogen) atoms. The molecule has 0 aliphatic carbocycles. The lowest BCUT2D eigenvalue weighted by atomic mass is 10.1. The molecule has 1 aromatic heterocycles. The van der Waals surface area contributed by atoms with Crippen LogP contribution in [0.2, 0.25) is 0 Å². The van der Waals surface area contributed by atoms with Crippen LogP contribution < -0.4 is 20.1 Å². The SMILES string of the molecule is CCNC(=NCc1ccc(OC)c(OC(F)F)c1)NCC(C)c1cccs1.I. The number of aliphatic imine (C=N–C) groups is 1. The Morgan fingerprint density at radius 3 is 2.61 bits per heavy atom. The molecule has 1 atom stereocenters. The minimum Gasteiger partial charge on any atom is -0.493 e. The summed E-state index contributed by atoms with van der Waals surface area (Å²) < 4.78 is 34.7. The van der Waals surface area contributed by atoms with Crippen molar-refractivity contribution in [3.05, 3.63) is 46.2 Å². The van der Waals surface area contributed by atoms with Crippen LogP contribution in [0.5, 0.6) is 11.5 Å². The molecule has 1 aromatic carbocycles. The highest BCUT2D eigenvalue weighted by atomic mass is 127. The predicted octanol–water partition coefficient (Wildman–Crippen LogP) is 4.83. The highest BCUT2D eigenvalue weighted by Gasteiger charge is 2.12. The van der Waals surface area contributed by atoms with Gasteiger partial charge in [-0.1, -0.05) is 19.1 Å². The average Bonchev–Trinajstić information content (AvgIpc) is 3.18. The molecule has 2 rings (SSSR count). The Labute approximate surface area is 185 Å². The van der Waals surface area contributed by atoms with Crippen LogP contribution >= 0.6 is 35.3 Å². The van der Waals surface area contributed by atoms with Gasteiger partial charge in [0.05, 0.1) is 13.7 Å². The smallest absolute Gasteiger partial charge is 0.387 e. The van der Waals surface area contributed by atoms with Gasteiger partial charge in [-0.05, 0) is 36.1 Å². The van der Waals surface area contributed by atoms with Crippen LogP contribution in [0.15, 0.2) is 40.7 Å². The first-order valence-electron chi connectivity index (χ1n) is 8.70. The van der Waals surface area contributed by atoms with Gasteiger partial charge in [0.25, 0.3) is 0 Å². The number of rotatable bonds is 9. The van der Waals surface area contributed by atoms with E-state index in [0.29, 0.717) is 18.4 Å². The van der Waals surface area contributed by atoms with Crippen molar-refractivity contribution in [3.8, 4) is 11.5 Å². The first-order valence-corrected chi connectivity index (χ1v) is 9.58. The summed E-state index contributed by atoms with van der Waals surface area (Å²) in [4.78, 5) is 5.83. The number of guanidine groups is 1. The fourth-order valence-corrected chi connectivity index (χ4v) is 3.23. The van der Waals surface area contributed by atoms with E-state index >= 15 is 0 Å². The third kappa shape index (κ3) is 7.78. The van der Waals surface area contributed by atoms with Crippen LogP contribution in [-0.2, 0) is 6.54 Å². The maximum atomic E-state index is 12.6. The summed E-state index contributed by atoms with van der Waals surface area (Å²) in [5, 5.41) is 8.57. The Morgan fingerprint density at radius 2 is 2.00 bits per heavy atom. The van der Waals surface area contributed by atoms with Crippen LogP contribution in [0, 0.1) is 0 Å². The molecule has 0 saturated carbocycles. The van der Waals surface area contributed by atoms with Gasteiger partial charge in [-0.25, -0.2) is 4.99 Å². The lowest BCUT2D eigenvalue weighted by Gasteiger charge is -2.15. The Morgan fingerprint density at radius 1 is 1.21 bits per heavy atom. The molecular formula is C19H26F2IN3O2S. The Balaban J connectivity index is 0.00000392. The maximum absolute atomic E-state index is 12.6. The molecule has 0 bridgehead atoms. The van der Waals surface area contributed by atoms with E-state index in [2.05, 4.69) is 38.7 Å². The molecular weight excluding hydrogens is 499 g/mol. The molecule has 2 N–H and O–H groups in total. The van der Waals surface area contributed by atoms with E-state index in [-0.39, 0.29) is 35.5 Å². The van der Waals surface area contributed by atoms with Crippen LogP contribution in [0.4, 0.5) is 8.78 Å². The fourth-order valence-electron chi connectivity index (χ4n) is 2.44. The van der Waals surface area contributed by atoms with Gasteiger partial charge in [0, 0.05) is 23.9 Å². The van der Waals surface area contributed by atoms with E-state index in [4.69, 9.17) is 4.74 Å². The second kappa shape index (κ2) is 12.8. The Kier molecular flexibility index (Phi) is 11.1. The van der Waals surface area contributed by atoms with Crippen molar-refractivity contribution in [2.24, 2.45) is 4.99 Å². The van der Waals surface area contributed by atoms with E-state index in [1.165, 1.54) is 18.1 Å². The van der Waals surface area contributed by atoms with Crippen LogP contribution in [0.1, 0.15) is 30.2 Å².